The van der Waals surface area contributed by atoms with E-state index in [1.54, 1.807) is 42.5 Å². The zero-order chi connectivity index (χ0) is 22.4. The highest BCUT2D eigenvalue weighted by Gasteiger charge is 2.37. The van der Waals surface area contributed by atoms with E-state index in [0.717, 1.165) is 0 Å². The number of amides is 2. The molecule has 162 valence electrons. The van der Waals surface area contributed by atoms with Crippen molar-refractivity contribution in [1.82, 2.24) is 0 Å². The molecular weight excluding hydrogens is 400 g/mol. The maximum Gasteiger partial charge on any atom is 0.311 e. The smallest absolute Gasteiger partial charge is 0.311 e. The summed E-state index contributed by atoms with van der Waals surface area (Å²) in [6, 6.07) is 13.6. The van der Waals surface area contributed by atoms with E-state index >= 15 is 0 Å². The molecule has 1 heterocycles. The third kappa shape index (κ3) is 5.48. The molecule has 1 fully saturated rings. The number of esters is 1. The molecule has 1 aliphatic rings. The number of benzene rings is 2. The van der Waals surface area contributed by atoms with Crippen molar-refractivity contribution in [3.8, 4) is 5.75 Å². The number of anilines is 2. The maximum atomic E-state index is 12.5. The van der Waals surface area contributed by atoms with Gasteiger partial charge in [-0.1, -0.05) is 24.3 Å². The molecule has 3 rings (SSSR count). The Morgan fingerprint density at radius 1 is 1.13 bits per heavy atom. The number of hydrogen-bond acceptors (Lipinski definition) is 6. The minimum absolute atomic E-state index is 0.00156. The lowest BCUT2D eigenvalue weighted by molar-refractivity contribution is -0.151. The van der Waals surface area contributed by atoms with Crippen LogP contribution < -0.4 is 15.0 Å². The minimum Gasteiger partial charge on any atom is -0.492 e. The third-order valence-corrected chi connectivity index (χ3v) is 4.81. The number of carbonyl (C=O) groups excluding carboxylic acids is 4. The Balaban J connectivity index is 1.56. The van der Waals surface area contributed by atoms with Gasteiger partial charge in [0.1, 0.15) is 5.75 Å². The van der Waals surface area contributed by atoms with E-state index in [4.69, 9.17) is 9.47 Å². The second-order valence-electron chi connectivity index (χ2n) is 7.10. The highest BCUT2D eigenvalue weighted by Crippen LogP contribution is 2.33. The summed E-state index contributed by atoms with van der Waals surface area (Å²) < 4.78 is 10.7. The predicted octanol–water partition coefficient (Wildman–Crippen LogP) is 2.82. The molecule has 1 aliphatic heterocycles. The lowest BCUT2D eigenvalue weighted by Crippen LogP contribution is -2.28. The van der Waals surface area contributed by atoms with Crippen LogP contribution >= 0.6 is 0 Å². The molecule has 0 radical (unpaired) electrons. The SMILES string of the molecule is CCOc1ccccc1N1C[C@@H](C(=O)OCC(=O)Nc2cccc(C(C)=O)c2)CC1=O. The fraction of sp³-hybridized carbons (Fsp3) is 0.304. The van der Waals surface area contributed by atoms with Gasteiger partial charge in [-0.25, -0.2) is 0 Å². The van der Waals surface area contributed by atoms with Crippen molar-refractivity contribution in [2.45, 2.75) is 20.3 Å². The lowest BCUT2D eigenvalue weighted by atomic mass is 10.1. The van der Waals surface area contributed by atoms with Crippen molar-refractivity contribution in [3.63, 3.8) is 0 Å². The van der Waals surface area contributed by atoms with E-state index < -0.39 is 24.4 Å². The number of ether oxygens (including phenoxy) is 2. The molecule has 2 aromatic carbocycles. The van der Waals surface area contributed by atoms with Gasteiger partial charge in [0.25, 0.3) is 5.91 Å². The number of hydrogen-bond donors (Lipinski definition) is 1. The second kappa shape index (κ2) is 9.88. The van der Waals surface area contributed by atoms with E-state index in [2.05, 4.69) is 5.32 Å². The number of para-hydroxylation sites is 2. The molecule has 8 heteroatoms. The highest BCUT2D eigenvalue weighted by atomic mass is 16.5. The van der Waals surface area contributed by atoms with Gasteiger partial charge in [-0.3, -0.25) is 19.2 Å². The lowest BCUT2D eigenvalue weighted by Gasteiger charge is -2.19. The molecule has 1 N–H and O–H groups in total. The Morgan fingerprint density at radius 3 is 2.65 bits per heavy atom. The molecule has 0 saturated carbocycles. The Morgan fingerprint density at radius 2 is 1.90 bits per heavy atom. The fourth-order valence-corrected chi connectivity index (χ4v) is 3.32. The molecule has 0 bridgehead atoms. The van der Waals surface area contributed by atoms with Crippen molar-refractivity contribution in [2.24, 2.45) is 5.92 Å². The Bertz CT molecular complexity index is 1000. The Hall–Kier alpha value is -3.68. The molecule has 0 spiro atoms. The largest absolute Gasteiger partial charge is 0.492 e. The molecule has 0 aromatic heterocycles. The van der Waals surface area contributed by atoms with E-state index in [0.29, 0.717) is 29.3 Å². The fourth-order valence-electron chi connectivity index (χ4n) is 3.32. The number of Topliss-reactive ketones (excluding diaryl/α,β-unsaturated/α-hetero) is 1. The molecule has 2 amide bonds. The van der Waals surface area contributed by atoms with Crippen LogP contribution in [-0.2, 0) is 19.1 Å². The summed E-state index contributed by atoms with van der Waals surface area (Å²) in [5.74, 6) is -1.58. The normalized spacial score (nSPS) is 15.5. The van der Waals surface area contributed by atoms with Gasteiger partial charge in [0.2, 0.25) is 5.91 Å². The summed E-state index contributed by atoms with van der Waals surface area (Å²) in [6.07, 6.45) is 0.00156. The first-order valence-electron chi connectivity index (χ1n) is 9.98. The summed E-state index contributed by atoms with van der Waals surface area (Å²) in [4.78, 5) is 49.9. The van der Waals surface area contributed by atoms with Crippen molar-refractivity contribution < 1.29 is 28.7 Å². The number of rotatable bonds is 8. The molecule has 1 atom stereocenters. The minimum atomic E-state index is -0.670. The topological polar surface area (TPSA) is 102 Å². The molecular formula is C23H24N2O6. The molecule has 8 nitrogen and oxygen atoms in total. The van der Waals surface area contributed by atoms with Crippen LogP contribution in [-0.4, -0.2) is 43.3 Å². The van der Waals surface area contributed by atoms with Crippen molar-refractivity contribution in [1.29, 1.82) is 0 Å². The van der Waals surface area contributed by atoms with Crippen LogP contribution in [0.15, 0.2) is 48.5 Å². The van der Waals surface area contributed by atoms with Gasteiger partial charge in [-0.15, -0.1) is 0 Å². The average Bonchev–Trinajstić information content (AvgIpc) is 3.14. The number of ketones is 1. The zero-order valence-corrected chi connectivity index (χ0v) is 17.4. The predicted molar refractivity (Wildman–Crippen MR) is 114 cm³/mol. The van der Waals surface area contributed by atoms with Gasteiger partial charge in [-0.05, 0) is 38.1 Å². The first-order valence-corrected chi connectivity index (χ1v) is 9.98. The van der Waals surface area contributed by atoms with Crippen LogP contribution in [0.4, 0.5) is 11.4 Å². The number of carbonyl (C=O) groups is 4. The first-order chi connectivity index (χ1) is 14.9. The average molecular weight is 424 g/mol. The first kappa shape index (κ1) is 22.0. The molecule has 0 unspecified atom stereocenters. The number of nitrogens with zero attached hydrogens (tertiary/aromatic N) is 1. The van der Waals surface area contributed by atoms with Gasteiger partial charge < -0.3 is 19.7 Å². The summed E-state index contributed by atoms with van der Waals surface area (Å²) in [5, 5.41) is 2.59. The third-order valence-electron chi connectivity index (χ3n) is 4.81. The quantitative estimate of drug-likeness (QED) is 0.516. The molecule has 0 aliphatic carbocycles. The van der Waals surface area contributed by atoms with Crippen LogP contribution in [0.5, 0.6) is 5.75 Å². The van der Waals surface area contributed by atoms with Gasteiger partial charge in [0.15, 0.2) is 12.4 Å². The van der Waals surface area contributed by atoms with Crippen LogP contribution in [0, 0.1) is 5.92 Å². The number of nitrogens with one attached hydrogen (secondary N) is 1. The highest BCUT2D eigenvalue weighted by molar-refractivity contribution is 6.01. The van der Waals surface area contributed by atoms with E-state index in [1.807, 2.05) is 13.0 Å². The zero-order valence-electron chi connectivity index (χ0n) is 17.4. The van der Waals surface area contributed by atoms with E-state index in [1.165, 1.54) is 11.8 Å². The van der Waals surface area contributed by atoms with Gasteiger partial charge >= 0.3 is 5.97 Å². The van der Waals surface area contributed by atoms with Gasteiger partial charge in [-0.2, -0.15) is 0 Å². The van der Waals surface area contributed by atoms with Crippen LogP contribution in [0.2, 0.25) is 0 Å². The van der Waals surface area contributed by atoms with Crippen LogP contribution in [0.1, 0.15) is 30.6 Å². The van der Waals surface area contributed by atoms with Crippen LogP contribution in [0.25, 0.3) is 0 Å². The molecule has 1 saturated heterocycles. The molecule has 2 aromatic rings. The maximum absolute atomic E-state index is 12.5. The Kier molecular flexibility index (Phi) is 7.02. The van der Waals surface area contributed by atoms with Gasteiger partial charge in [0, 0.05) is 24.2 Å². The standard InChI is InChI=1S/C23H24N2O6/c1-3-30-20-10-5-4-9-19(20)25-13-17(12-22(25)28)23(29)31-14-21(27)24-18-8-6-7-16(11-18)15(2)26/h4-11,17H,3,12-14H2,1-2H3,(H,24,27)/t17-/m0/s1. The summed E-state index contributed by atoms with van der Waals surface area (Å²) in [5.41, 5.74) is 1.50. The Labute approximate surface area is 180 Å². The summed E-state index contributed by atoms with van der Waals surface area (Å²) in [6.45, 7) is 3.41. The van der Waals surface area contributed by atoms with Crippen molar-refractivity contribution >= 4 is 34.9 Å². The van der Waals surface area contributed by atoms with Crippen molar-refractivity contribution in [3.05, 3.63) is 54.1 Å². The summed E-state index contributed by atoms with van der Waals surface area (Å²) >= 11 is 0. The second-order valence-corrected chi connectivity index (χ2v) is 7.10. The van der Waals surface area contributed by atoms with Crippen LogP contribution in [0.3, 0.4) is 0 Å². The van der Waals surface area contributed by atoms with E-state index in [-0.39, 0.29) is 24.7 Å². The summed E-state index contributed by atoms with van der Waals surface area (Å²) in [7, 11) is 0. The van der Waals surface area contributed by atoms with Crippen molar-refractivity contribution in [2.75, 3.05) is 30.0 Å². The monoisotopic (exact) mass is 424 g/mol. The molecule has 31 heavy (non-hydrogen) atoms. The van der Waals surface area contributed by atoms with Gasteiger partial charge in [0.05, 0.1) is 18.2 Å². The van der Waals surface area contributed by atoms with E-state index in [9.17, 15) is 19.2 Å².